The maximum absolute atomic E-state index is 4.34. The van der Waals surface area contributed by atoms with Crippen molar-refractivity contribution in [1.29, 1.82) is 0 Å². The van der Waals surface area contributed by atoms with Crippen molar-refractivity contribution in [2.75, 3.05) is 12.4 Å². The van der Waals surface area contributed by atoms with Crippen LogP contribution in [0.1, 0.15) is 0 Å². The number of rotatable bonds is 3. The van der Waals surface area contributed by atoms with Gasteiger partial charge in [-0.15, -0.1) is 0 Å². The van der Waals surface area contributed by atoms with Gasteiger partial charge in [0.1, 0.15) is 12.1 Å². The van der Waals surface area contributed by atoms with Gasteiger partial charge in [0.05, 0.1) is 6.20 Å². The number of nitrogens with one attached hydrogen (secondary N) is 1. The smallest absolute Gasteiger partial charge is 0.158 e. The summed E-state index contributed by atoms with van der Waals surface area (Å²) < 4.78 is 1.74. The van der Waals surface area contributed by atoms with E-state index < -0.39 is 0 Å². The first kappa shape index (κ1) is 11.4. The number of anilines is 1. The quantitative estimate of drug-likeness (QED) is 0.776. The van der Waals surface area contributed by atoms with Gasteiger partial charge in [0, 0.05) is 24.9 Å². The molecule has 0 aliphatic heterocycles. The standard InChI is InChI=1S/C14H13N5/c1-15-13-7-14(17-10-16-13)19-9-12(8-18-19)11-5-3-2-4-6-11/h2-10H,1H3,(H,15,16,17). The summed E-state index contributed by atoms with van der Waals surface area (Å²) in [5, 5.41) is 7.32. The third kappa shape index (κ3) is 2.30. The van der Waals surface area contributed by atoms with Gasteiger partial charge in [-0.05, 0) is 5.56 Å². The Bertz CT molecular complexity index is 675. The SMILES string of the molecule is CNc1cc(-n2cc(-c3ccccc3)cn2)ncn1. The first-order chi connectivity index (χ1) is 9.36. The van der Waals surface area contributed by atoms with Crippen LogP contribution in [0.5, 0.6) is 0 Å². The lowest BCUT2D eigenvalue weighted by Gasteiger charge is -2.02. The van der Waals surface area contributed by atoms with E-state index in [1.165, 1.54) is 6.33 Å². The number of benzene rings is 1. The van der Waals surface area contributed by atoms with E-state index in [0.29, 0.717) is 0 Å². The highest BCUT2D eigenvalue weighted by Gasteiger charge is 2.04. The largest absolute Gasteiger partial charge is 0.373 e. The first-order valence-electron chi connectivity index (χ1n) is 5.97. The Balaban J connectivity index is 1.97. The summed E-state index contributed by atoms with van der Waals surface area (Å²) in [6.07, 6.45) is 5.30. The molecule has 0 bridgehead atoms. The fraction of sp³-hybridized carbons (Fsp3) is 0.0714. The molecule has 0 unspecified atom stereocenters. The van der Waals surface area contributed by atoms with Crippen molar-refractivity contribution in [3.8, 4) is 16.9 Å². The van der Waals surface area contributed by atoms with Crippen LogP contribution in [-0.2, 0) is 0 Å². The molecule has 5 nitrogen and oxygen atoms in total. The van der Waals surface area contributed by atoms with E-state index in [-0.39, 0.29) is 0 Å². The average Bonchev–Trinajstić information content (AvgIpc) is 2.98. The highest BCUT2D eigenvalue weighted by molar-refractivity contribution is 5.61. The molecular formula is C14H13N5. The minimum atomic E-state index is 0.738. The van der Waals surface area contributed by atoms with Crippen LogP contribution >= 0.6 is 0 Å². The molecule has 1 aromatic carbocycles. The van der Waals surface area contributed by atoms with Gasteiger partial charge >= 0.3 is 0 Å². The molecule has 2 heterocycles. The molecule has 0 aliphatic carbocycles. The monoisotopic (exact) mass is 251 g/mol. The van der Waals surface area contributed by atoms with E-state index in [4.69, 9.17) is 0 Å². The number of hydrogen-bond donors (Lipinski definition) is 1. The summed E-state index contributed by atoms with van der Waals surface area (Å²) in [6, 6.07) is 12.0. The molecule has 0 radical (unpaired) electrons. The van der Waals surface area contributed by atoms with Crippen LogP contribution in [0.4, 0.5) is 5.82 Å². The average molecular weight is 251 g/mol. The maximum atomic E-state index is 4.34. The van der Waals surface area contributed by atoms with Gasteiger partial charge < -0.3 is 5.32 Å². The summed E-state index contributed by atoms with van der Waals surface area (Å²) in [6.45, 7) is 0. The van der Waals surface area contributed by atoms with E-state index in [9.17, 15) is 0 Å². The van der Waals surface area contributed by atoms with Gasteiger partial charge in [-0.3, -0.25) is 0 Å². The lowest BCUT2D eigenvalue weighted by Crippen LogP contribution is -2.00. The van der Waals surface area contributed by atoms with Gasteiger partial charge in [-0.1, -0.05) is 30.3 Å². The summed E-state index contributed by atoms with van der Waals surface area (Å²) in [4.78, 5) is 8.30. The Labute approximate surface area is 111 Å². The Kier molecular flexibility index (Phi) is 2.94. The second-order valence-corrected chi connectivity index (χ2v) is 4.05. The Morgan fingerprint density at radius 3 is 2.68 bits per heavy atom. The third-order valence-corrected chi connectivity index (χ3v) is 2.83. The molecule has 0 atom stereocenters. The van der Waals surface area contributed by atoms with Gasteiger partial charge in [0.15, 0.2) is 5.82 Å². The molecule has 0 fully saturated rings. The Morgan fingerprint density at radius 1 is 1.05 bits per heavy atom. The van der Waals surface area contributed by atoms with Crippen LogP contribution in [0.2, 0.25) is 0 Å². The molecular weight excluding hydrogens is 238 g/mol. The molecule has 0 aliphatic rings. The molecule has 19 heavy (non-hydrogen) atoms. The molecule has 3 rings (SSSR count). The van der Waals surface area contributed by atoms with E-state index in [0.717, 1.165) is 22.8 Å². The van der Waals surface area contributed by atoms with Crippen molar-refractivity contribution in [1.82, 2.24) is 19.7 Å². The zero-order valence-electron chi connectivity index (χ0n) is 10.5. The number of hydrogen-bond acceptors (Lipinski definition) is 4. The minimum Gasteiger partial charge on any atom is -0.373 e. The molecule has 5 heteroatoms. The highest BCUT2D eigenvalue weighted by Crippen LogP contribution is 2.19. The van der Waals surface area contributed by atoms with Crippen LogP contribution in [0, 0.1) is 0 Å². The maximum Gasteiger partial charge on any atom is 0.158 e. The first-order valence-corrected chi connectivity index (χ1v) is 5.97. The van der Waals surface area contributed by atoms with E-state index >= 15 is 0 Å². The van der Waals surface area contributed by atoms with Crippen molar-refractivity contribution >= 4 is 5.82 Å². The van der Waals surface area contributed by atoms with Crippen molar-refractivity contribution < 1.29 is 0 Å². The predicted octanol–water partition coefficient (Wildman–Crippen LogP) is 2.37. The minimum absolute atomic E-state index is 0.738. The molecule has 0 spiro atoms. The number of aromatic nitrogens is 4. The van der Waals surface area contributed by atoms with Crippen molar-refractivity contribution in [3.63, 3.8) is 0 Å². The molecule has 0 saturated carbocycles. The van der Waals surface area contributed by atoms with Gasteiger partial charge in [-0.25, -0.2) is 14.6 Å². The fourth-order valence-electron chi connectivity index (χ4n) is 1.84. The molecule has 3 aromatic rings. The highest BCUT2D eigenvalue weighted by atomic mass is 15.3. The topological polar surface area (TPSA) is 55.6 Å². The van der Waals surface area contributed by atoms with Crippen LogP contribution in [0.3, 0.4) is 0 Å². The fourth-order valence-corrected chi connectivity index (χ4v) is 1.84. The van der Waals surface area contributed by atoms with Crippen LogP contribution in [0.25, 0.3) is 16.9 Å². The summed E-state index contributed by atoms with van der Waals surface area (Å²) in [7, 11) is 1.82. The van der Waals surface area contributed by atoms with Gasteiger partial charge in [0.2, 0.25) is 0 Å². The molecule has 0 amide bonds. The second kappa shape index (κ2) is 4.89. The van der Waals surface area contributed by atoms with E-state index in [1.807, 2.05) is 43.7 Å². The van der Waals surface area contributed by atoms with Crippen molar-refractivity contribution in [3.05, 3.63) is 55.1 Å². The Morgan fingerprint density at radius 2 is 1.89 bits per heavy atom. The zero-order chi connectivity index (χ0) is 13.1. The zero-order valence-corrected chi connectivity index (χ0v) is 10.5. The van der Waals surface area contributed by atoms with E-state index in [1.54, 1.807) is 4.68 Å². The lowest BCUT2D eigenvalue weighted by atomic mass is 10.1. The Hall–Kier alpha value is -2.69. The summed E-state index contributed by atoms with van der Waals surface area (Å²) in [5.74, 6) is 1.50. The van der Waals surface area contributed by atoms with Gasteiger partial charge in [0.25, 0.3) is 0 Å². The van der Waals surface area contributed by atoms with Crippen molar-refractivity contribution in [2.24, 2.45) is 0 Å². The van der Waals surface area contributed by atoms with Crippen LogP contribution in [-0.4, -0.2) is 26.8 Å². The second-order valence-electron chi connectivity index (χ2n) is 4.05. The normalized spacial score (nSPS) is 10.4. The van der Waals surface area contributed by atoms with Crippen molar-refractivity contribution in [2.45, 2.75) is 0 Å². The van der Waals surface area contributed by atoms with Gasteiger partial charge in [-0.2, -0.15) is 5.10 Å². The van der Waals surface area contributed by atoms with Crippen LogP contribution in [0.15, 0.2) is 55.1 Å². The third-order valence-electron chi connectivity index (χ3n) is 2.83. The van der Waals surface area contributed by atoms with E-state index in [2.05, 4.69) is 32.5 Å². The molecule has 1 N–H and O–H groups in total. The van der Waals surface area contributed by atoms with Crippen LogP contribution < -0.4 is 5.32 Å². The lowest BCUT2D eigenvalue weighted by molar-refractivity contribution is 0.840. The molecule has 94 valence electrons. The summed E-state index contributed by atoms with van der Waals surface area (Å²) in [5.41, 5.74) is 2.20. The predicted molar refractivity (Wildman–Crippen MR) is 74.1 cm³/mol. The summed E-state index contributed by atoms with van der Waals surface area (Å²) >= 11 is 0. The number of nitrogens with zero attached hydrogens (tertiary/aromatic N) is 4. The molecule has 0 saturated heterocycles. The molecule has 2 aromatic heterocycles.